The van der Waals surface area contributed by atoms with Gasteiger partial charge in [0.1, 0.15) is 6.61 Å². The summed E-state index contributed by atoms with van der Waals surface area (Å²) in [5.74, 6) is -1.64. The highest BCUT2D eigenvalue weighted by molar-refractivity contribution is 5.93. The lowest BCUT2D eigenvalue weighted by Gasteiger charge is -2.37. The fraction of sp³-hybridized carbons (Fsp3) is 0.370. The minimum absolute atomic E-state index is 0.0141. The Balaban J connectivity index is 1.31. The van der Waals surface area contributed by atoms with Crippen molar-refractivity contribution in [2.45, 2.75) is 38.6 Å². The number of ether oxygens (including phenoxy) is 1. The van der Waals surface area contributed by atoms with Crippen LogP contribution in [-0.4, -0.2) is 53.7 Å². The molecule has 7 heteroatoms. The second-order valence-corrected chi connectivity index (χ2v) is 8.92. The number of nitrogens with zero attached hydrogens (tertiary/aromatic N) is 1. The molecule has 0 saturated carbocycles. The molecular formula is C27H30N2O5. The normalized spacial score (nSPS) is 19.8. The summed E-state index contributed by atoms with van der Waals surface area (Å²) in [5, 5.41) is 12.1. The second-order valence-electron chi connectivity index (χ2n) is 8.92. The zero-order valence-electron chi connectivity index (χ0n) is 19.5. The van der Waals surface area contributed by atoms with Crippen molar-refractivity contribution in [3.8, 4) is 11.1 Å². The minimum atomic E-state index is -0.872. The molecular weight excluding hydrogens is 432 g/mol. The van der Waals surface area contributed by atoms with Gasteiger partial charge in [-0.15, -0.1) is 0 Å². The summed E-state index contributed by atoms with van der Waals surface area (Å²) in [5.41, 5.74) is 5.10. The van der Waals surface area contributed by atoms with Crippen LogP contribution in [0.5, 0.6) is 0 Å². The SMILES string of the molecule is C/C(=C\CNC(=O)OCC1c2ccccc2-c2ccccc21)C(=O)N1CCC[C@@H](C(=O)O)[C@H]1C. The van der Waals surface area contributed by atoms with E-state index in [0.29, 0.717) is 25.0 Å². The number of nitrogens with one attached hydrogen (secondary N) is 1. The lowest BCUT2D eigenvalue weighted by molar-refractivity contribution is -0.148. The van der Waals surface area contributed by atoms with E-state index in [-0.39, 0.29) is 31.0 Å². The average Bonchev–Trinajstić information content (AvgIpc) is 3.16. The molecule has 0 unspecified atom stereocenters. The number of aliphatic carboxylic acids is 1. The third-order valence-corrected chi connectivity index (χ3v) is 6.90. The fourth-order valence-electron chi connectivity index (χ4n) is 5.01. The van der Waals surface area contributed by atoms with E-state index in [1.54, 1.807) is 24.8 Å². The summed E-state index contributed by atoms with van der Waals surface area (Å²) in [6, 6.07) is 15.9. The molecule has 2 aliphatic rings. The van der Waals surface area contributed by atoms with Gasteiger partial charge >= 0.3 is 12.1 Å². The fourth-order valence-corrected chi connectivity index (χ4v) is 5.01. The number of amides is 2. The van der Waals surface area contributed by atoms with Gasteiger partial charge < -0.3 is 20.1 Å². The van der Waals surface area contributed by atoms with E-state index in [2.05, 4.69) is 29.6 Å². The molecule has 7 nitrogen and oxygen atoms in total. The number of hydrogen-bond donors (Lipinski definition) is 2. The van der Waals surface area contributed by atoms with Crippen molar-refractivity contribution >= 4 is 18.0 Å². The number of carbonyl (C=O) groups excluding carboxylic acids is 2. The molecule has 1 aliphatic carbocycles. The van der Waals surface area contributed by atoms with Crippen LogP contribution in [0.1, 0.15) is 43.7 Å². The smallest absolute Gasteiger partial charge is 0.407 e. The maximum absolute atomic E-state index is 12.8. The Labute approximate surface area is 199 Å². The third kappa shape index (κ3) is 4.69. The number of carboxylic acids is 1. The van der Waals surface area contributed by atoms with Gasteiger partial charge in [0.25, 0.3) is 0 Å². The van der Waals surface area contributed by atoms with Crippen LogP contribution in [0.25, 0.3) is 11.1 Å². The summed E-state index contributed by atoms with van der Waals surface area (Å²) in [6.45, 7) is 4.37. The molecule has 2 aromatic carbocycles. The predicted octanol–water partition coefficient (Wildman–Crippen LogP) is 4.18. The van der Waals surface area contributed by atoms with E-state index in [1.807, 2.05) is 24.3 Å². The number of alkyl carbamates (subject to hydrolysis) is 1. The first-order valence-corrected chi connectivity index (χ1v) is 11.7. The minimum Gasteiger partial charge on any atom is -0.481 e. The van der Waals surface area contributed by atoms with Crippen molar-refractivity contribution in [3.05, 3.63) is 71.3 Å². The van der Waals surface area contributed by atoms with E-state index in [1.165, 1.54) is 11.1 Å². The summed E-state index contributed by atoms with van der Waals surface area (Å²) in [4.78, 5) is 38.2. The maximum atomic E-state index is 12.8. The lowest BCUT2D eigenvalue weighted by atomic mass is 9.90. The van der Waals surface area contributed by atoms with Gasteiger partial charge in [0.2, 0.25) is 5.91 Å². The highest BCUT2D eigenvalue weighted by Crippen LogP contribution is 2.44. The van der Waals surface area contributed by atoms with Crippen LogP contribution in [0.4, 0.5) is 4.79 Å². The number of carboxylic acid groups (broad SMARTS) is 1. The molecule has 1 aliphatic heterocycles. The molecule has 0 spiro atoms. The molecule has 2 aromatic rings. The average molecular weight is 463 g/mol. The summed E-state index contributed by atoms with van der Waals surface area (Å²) >= 11 is 0. The van der Waals surface area contributed by atoms with Gasteiger partial charge in [-0.3, -0.25) is 9.59 Å². The molecule has 2 atom stereocenters. The van der Waals surface area contributed by atoms with Crippen molar-refractivity contribution in [1.82, 2.24) is 10.2 Å². The number of hydrogen-bond acceptors (Lipinski definition) is 4. The largest absolute Gasteiger partial charge is 0.481 e. The highest BCUT2D eigenvalue weighted by atomic mass is 16.5. The summed E-state index contributed by atoms with van der Waals surface area (Å²) in [6.07, 6.45) is 2.33. The Morgan fingerprint density at radius 3 is 2.32 bits per heavy atom. The first kappa shape index (κ1) is 23.5. The zero-order chi connectivity index (χ0) is 24.2. The third-order valence-electron chi connectivity index (χ3n) is 6.90. The number of carbonyl (C=O) groups is 3. The maximum Gasteiger partial charge on any atom is 0.407 e. The molecule has 1 saturated heterocycles. The first-order chi connectivity index (χ1) is 16.4. The molecule has 178 valence electrons. The van der Waals surface area contributed by atoms with Crippen molar-refractivity contribution in [3.63, 3.8) is 0 Å². The Bertz CT molecular complexity index is 1080. The number of likely N-dealkylation sites (tertiary alicyclic amines) is 1. The Kier molecular flexibility index (Phi) is 7.01. The standard InChI is InChI=1S/C27H30N2O5/c1-17(25(30)29-15-7-12-19(18(29)2)26(31)32)13-14-28-27(33)34-16-24-22-10-5-3-8-20(22)21-9-4-6-11-23(21)24/h3-6,8-11,13,18-19,24H,7,12,14-16H2,1-2H3,(H,28,33)(H,31,32)/b17-13+/t18-,19-/m1/s1. The highest BCUT2D eigenvalue weighted by Gasteiger charge is 2.35. The van der Waals surface area contributed by atoms with E-state index in [4.69, 9.17) is 4.74 Å². The van der Waals surface area contributed by atoms with Crippen molar-refractivity contribution < 1.29 is 24.2 Å². The van der Waals surface area contributed by atoms with Gasteiger partial charge in [0, 0.05) is 30.6 Å². The van der Waals surface area contributed by atoms with Crippen LogP contribution in [0.2, 0.25) is 0 Å². The monoisotopic (exact) mass is 462 g/mol. The number of piperidine rings is 1. The van der Waals surface area contributed by atoms with E-state index in [0.717, 1.165) is 11.1 Å². The zero-order valence-corrected chi connectivity index (χ0v) is 19.5. The van der Waals surface area contributed by atoms with Gasteiger partial charge in [0.05, 0.1) is 5.92 Å². The molecule has 0 aromatic heterocycles. The molecule has 1 fully saturated rings. The molecule has 4 rings (SSSR count). The molecule has 0 radical (unpaired) electrons. The van der Waals surface area contributed by atoms with Crippen LogP contribution < -0.4 is 5.32 Å². The lowest BCUT2D eigenvalue weighted by Crippen LogP contribution is -2.49. The Morgan fingerprint density at radius 1 is 1.09 bits per heavy atom. The topological polar surface area (TPSA) is 95.9 Å². The van der Waals surface area contributed by atoms with Crippen molar-refractivity contribution in [2.75, 3.05) is 19.7 Å². The predicted molar refractivity (Wildman–Crippen MR) is 128 cm³/mol. The van der Waals surface area contributed by atoms with Gasteiger partial charge in [0.15, 0.2) is 0 Å². The Morgan fingerprint density at radius 2 is 1.71 bits per heavy atom. The number of fused-ring (bicyclic) bond motifs is 3. The van der Waals surface area contributed by atoms with Crippen LogP contribution in [0.15, 0.2) is 60.2 Å². The van der Waals surface area contributed by atoms with E-state index < -0.39 is 18.0 Å². The second kappa shape index (κ2) is 10.1. The molecule has 1 heterocycles. The van der Waals surface area contributed by atoms with Gasteiger partial charge in [-0.25, -0.2) is 4.79 Å². The number of benzene rings is 2. The van der Waals surface area contributed by atoms with E-state index >= 15 is 0 Å². The van der Waals surface area contributed by atoms with Crippen molar-refractivity contribution in [2.24, 2.45) is 5.92 Å². The van der Waals surface area contributed by atoms with Gasteiger partial charge in [-0.05, 0) is 48.9 Å². The van der Waals surface area contributed by atoms with Gasteiger partial charge in [-0.2, -0.15) is 0 Å². The van der Waals surface area contributed by atoms with Gasteiger partial charge in [-0.1, -0.05) is 54.6 Å². The van der Waals surface area contributed by atoms with Crippen LogP contribution >= 0.6 is 0 Å². The van der Waals surface area contributed by atoms with E-state index in [9.17, 15) is 19.5 Å². The first-order valence-electron chi connectivity index (χ1n) is 11.7. The Hall–Kier alpha value is -3.61. The van der Waals surface area contributed by atoms with Crippen LogP contribution in [0.3, 0.4) is 0 Å². The summed E-state index contributed by atoms with van der Waals surface area (Å²) < 4.78 is 5.52. The van der Waals surface area contributed by atoms with Crippen molar-refractivity contribution in [1.29, 1.82) is 0 Å². The molecule has 2 amide bonds. The van der Waals surface area contributed by atoms with Crippen LogP contribution in [0, 0.1) is 5.92 Å². The molecule has 2 N–H and O–H groups in total. The quantitative estimate of drug-likeness (QED) is 0.628. The molecule has 0 bridgehead atoms. The molecule has 34 heavy (non-hydrogen) atoms. The summed E-state index contributed by atoms with van der Waals surface area (Å²) in [7, 11) is 0. The number of rotatable bonds is 6. The van der Waals surface area contributed by atoms with Crippen LogP contribution in [-0.2, 0) is 14.3 Å².